The lowest BCUT2D eigenvalue weighted by molar-refractivity contribution is -0.274. The molecule has 0 bridgehead atoms. The van der Waals surface area contributed by atoms with Crippen LogP contribution in [-0.4, -0.2) is 31.9 Å². The molecule has 0 aliphatic heterocycles. The highest BCUT2D eigenvalue weighted by Crippen LogP contribution is 2.25. The van der Waals surface area contributed by atoms with E-state index in [2.05, 4.69) is 4.74 Å². The van der Waals surface area contributed by atoms with Crippen LogP contribution in [0.15, 0.2) is 29.2 Å². The van der Waals surface area contributed by atoms with E-state index >= 15 is 0 Å². The first-order valence-corrected chi connectivity index (χ1v) is 7.51. The summed E-state index contributed by atoms with van der Waals surface area (Å²) in [5.74, 6) is -2.66. The van der Waals surface area contributed by atoms with Crippen molar-refractivity contribution < 1.29 is 36.2 Å². The Hall–Kier alpha value is -1.81. The molecule has 0 heterocycles. The van der Waals surface area contributed by atoms with Gasteiger partial charge < -0.3 is 9.84 Å². The molecule has 0 fully saturated rings. The first-order valence-electron chi connectivity index (χ1n) is 6.03. The van der Waals surface area contributed by atoms with E-state index in [-0.39, 0.29) is 0 Å². The van der Waals surface area contributed by atoms with Gasteiger partial charge in [0.05, 0.1) is 4.90 Å². The molecule has 22 heavy (non-hydrogen) atoms. The number of sulfonamides is 1. The van der Waals surface area contributed by atoms with Crippen molar-refractivity contribution in [1.29, 1.82) is 0 Å². The van der Waals surface area contributed by atoms with Gasteiger partial charge in [-0.2, -0.15) is 4.72 Å². The van der Waals surface area contributed by atoms with Crippen molar-refractivity contribution in [3.8, 4) is 5.75 Å². The summed E-state index contributed by atoms with van der Waals surface area (Å²) in [6, 6.07) is 2.28. The second kappa shape index (κ2) is 6.53. The second-order valence-electron chi connectivity index (χ2n) is 4.70. The van der Waals surface area contributed by atoms with Crippen molar-refractivity contribution in [1.82, 2.24) is 4.72 Å². The summed E-state index contributed by atoms with van der Waals surface area (Å²) in [4.78, 5) is 10.5. The fourth-order valence-corrected chi connectivity index (χ4v) is 2.92. The predicted octanol–water partition coefficient (Wildman–Crippen LogP) is 1.97. The maximum atomic E-state index is 12.1. The molecule has 0 aliphatic rings. The van der Waals surface area contributed by atoms with Gasteiger partial charge in [0.1, 0.15) is 11.8 Å². The lowest BCUT2D eigenvalue weighted by Crippen LogP contribution is -2.44. The molecule has 1 unspecified atom stereocenters. The van der Waals surface area contributed by atoms with Gasteiger partial charge in [-0.05, 0) is 18.1 Å². The summed E-state index contributed by atoms with van der Waals surface area (Å²) in [6.45, 7) is 2.98. The molecule has 0 spiro atoms. The van der Waals surface area contributed by atoms with Crippen LogP contribution in [0.2, 0.25) is 0 Å². The highest BCUT2D eigenvalue weighted by Gasteiger charge is 2.32. The molecule has 0 radical (unpaired) electrons. The van der Waals surface area contributed by atoms with E-state index in [1.54, 1.807) is 0 Å². The third-order valence-electron chi connectivity index (χ3n) is 2.56. The quantitative estimate of drug-likeness (QED) is 0.825. The monoisotopic (exact) mass is 341 g/mol. The van der Waals surface area contributed by atoms with Crippen molar-refractivity contribution in [2.24, 2.45) is 5.92 Å². The van der Waals surface area contributed by atoms with E-state index in [9.17, 15) is 26.4 Å². The van der Waals surface area contributed by atoms with E-state index in [1.807, 2.05) is 4.72 Å². The zero-order valence-electron chi connectivity index (χ0n) is 11.6. The smallest absolute Gasteiger partial charge is 0.480 e. The molecule has 1 aromatic carbocycles. The fourth-order valence-electron chi connectivity index (χ4n) is 1.55. The van der Waals surface area contributed by atoms with Gasteiger partial charge in [-0.1, -0.05) is 19.9 Å². The van der Waals surface area contributed by atoms with Gasteiger partial charge >= 0.3 is 12.3 Å². The largest absolute Gasteiger partial charge is 0.573 e. The Bertz CT molecular complexity index is 642. The summed E-state index contributed by atoms with van der Waals surface area (Å²) < 4.78 is 66.1. The Morgan fingerprint density at radius 1 is 1.32 bits per heavy atom. The molecule has 6 nitrogen and oxygen atoms in total. The normalized spacial score (nSPS) is 13.9. The zero-order chi connectivity index (χ0) is 17.1. The molecule has 0 amide bonds. The highest BCUT2D eigenvalue weighted by molar-refractivity contribution is 7.89. The summed E-state index contributed by atoms with van der Waals surface area (Å²) in [6.07, 6.45) is -4.96. The van der Waals surface area contributed by atoms with Crippen LogP contribution in [-0.2, 0) is 14.8 Å². The van der Waals surface area contributed by atoms with Gasteiger partial charge in [0, 0.05) is 6.07 Å². The van der Waals surface area contributed by atoms with Crippen molar-refractivity contribution in [2.75, 3.05) is 0 Å². The first-order chi connectivity index (χ1) is 9.92. The van der Waals surface area contributed by atoms with Gasteiger partial charge in [-0.15, -0.1) is 13.2 Å². The number of carboxylic acids is 1. The molecular formula is C12H14F3NO5S. The number of alkyl halides is 3. The Morgan fingerprint density at radius 2 is 1.91 bits per heavy atom. The molecule has 1 atom stereocenters. The molecule has 124 valence electrons. The minimum atomic E-state index is -4.96. The standard InChI is InChI=1S/C12H14F3NO5S/c1-7(2)10(11(17)18)16-22(19,20)9-5-3-4-8(6-9)21-12(13,14)15/h3-7,10,16H,1-2H3,(H,17,18). The van der Waals surface area contributed by atoms with E-state index in [4.69, 9.17) is 5.11 Å². The van der Waals surface area contributed by atoms with Crippen LogP contribution >= 0.6 is 0 Å². The second-order valence-corrected chi connectivity index (χ2v) is 6.42. The molecular weight excluding hydrogens is 327 g/mol. The number of ether oxygens (including phenoxy) is 1. The van der Waals surface area contributed by atoms with Crippen LogP contribution in [0.5, 0.6) is 5.75 Å². The SMILES string of the molecule is CC(C)C(NS(=O)(=O)c1cccc(OC(F)(F)F)c1)C(=O)O. The topological polar surface area (TPSA) is 92.7 Å². The molecule has 0 saturated heterocycles. The highest BCUT2D eigenvalue weighted by atomic mass is 32.2. The maximum Gasteiger partial charge on any atom is 0.573 e. The number of benzene rings is 1. The number of carbonyl (C=O) groups is 1. The lowest BCUT2D eigenvalue weighted by atomic mass is 10.1. The Labute approximate surface area is 124 Å². The summed E-state index contributed by atoms with van der Waals surface area (Å²) in [5.41, 5.74) is 0. The summed E-state index contributed by atoms with van der Waals surface area (Å²) in [5, 5.41) is 8.96. The van der Waals surface area contributed by atoms with Gasteiger partial charge in [0.25, 0.3) is 0 Å². The van der Waals surface area contributed by atoms with Crippen LogP contribution in [0.1, 0.15) is 13.8 Å². The molecule has 0 aromatic heterocycles. The fraction of sp³-hybridized carbons (Fsp3) is 0.417. The van der Waals surface area contributed by atoms with Crippen molar-refractivity contribution in [3.63, 3.8) is 0 Å². The Morgan fingerprint density at radius 3 is 2.36 bits per heavy atom. The summed E-state index contributed by atoms with van der Waals surface area (Å²) in [7, 11) is -4.31. The first kappa shape index (κ1) is 18.2. The van der Waals surface area contributed by atoms with Crippen LogP contribution in [0.4, 0.5) is 13.2 Å². The molecule has 1 aromatic rings. The lowest BCUT2D eigenvalue weighted by Gasteiger charge is -2.18. The molecule has 10 heteroatoms. The Kier molecular flexibility index (Phi) is 5.41. The van der Waals surface area contributed by atoms with Crippen LogP contribution in [0, 0.1) is 5.92 Å². The van der Waals surface area contributed by atoms with Gasteiger partial charge in [0.15, 0.2) is 0 Å². The van der Waals surface area contributed by atoms with E-state index in [0.29, 0.717) is 6.07 Å². The average molecular weight is 341 g/mol. The van der Waals surface area contributed by atoms with Gasteiger partial charge in [-0.25, -0.2) is 8.42 Å². The van der Waals surface area contributed by atoms with Gasteiger partial charge in [0.2, 0.25) is 10.0 Å². The van der Waals surface area contributed by atoms with Crippen molar-refractivity contribution in [2.45, 2.75) is 31.1 Å². The van der Waals surface area contributed by atoms with E-state index < -0.39 is 45.0 Å². The van der Waals surface area contributed by atoms with E-state index in [0.717, 1.165) is 18.2 Å². The third kappa shape index (κ3) is 5.19. The predicted molar refractivity (Wildman–Crippen MR) is 69.7 cm³/mol. The molecule has 0 aliphatic carbocycles. The molecule has 1 rings (SSSR count). The molecule has 0 saturated carbocycles. The maximum absolute atomic E-state index is 12.1. The van der Waals surface area contributed by atoms with E-state index in [1.165, 1.54) is 13.8 Å². The van der Waals surface area contributed by atoms with Crippen molar-refractivity contribution >= 4 is 16.0 Å². The number of rotatable bonds is 6. The Balaban J connectivity index is 3.08. The van der Waals surface area contributed by atoms with Crippen LogP contribution in [0.3, 0.4) is 0 Å². The summed E-state index contributed by atoms with van der Waals surface area (Å²) >= 11 is 0. The average Bonchev–Trinajstić information content (AvgIpc) is 2.33. The zero-order valence-corrected chi connectivity index (χ0v) is 12.4. The number of hydrogen-bond donors (Lipinski definition) is 2. The van der Waals surface area contributed by atoms with Crippen LogP contribution in [0.25, 0.3) is 0 Å². The number of carboxylic acid groups (broad SMARTS) is 1. The molecule has 2 N–H and O–H groups in total. The number of hydrogen-bond acceptors (Lipinski definition) is 4. The number of aliphatic carboxylic acids is 1. The third-order valence-corrected chi connectivity index (χ3v) is 4.00. The van der Waals surface area contributed by atoms with Crippen LogP contribution < -0.4 is 9.46 Å². The van der Waals surface area contributed by atoms with Gasteiger partial charge in [-0.3, -0.25) is 4.79 Å². The minimum Gasteiger partial charge on any atom is -0.480 e. The minimum absolute atomic E-state index is 0.527. The number of halogens is 3. The van der Waals surface area contributed by atoms with Crippen molar-refractivity contribution in [3.05, 3.63) is 24.3 Å². The number of nitrogens with one attached hydrogen (secondary N) is 1.